The lowest BCUT2D eigenvalue weighted by Gasteiger charge is -2.33. The van der Waals surface area contributed by atoms with Gasteiger partial charge in [0, 0.05) is 43.8 Å². The minimum absolute atomic E-state index is 0.0499. The van der Waals surface area contributed by atoms with Gasteiger partial charge in [0.25, 0.3) is 11.8 Å². The number of carbonyl (C=O) groups is 2. The minimum Gasteiger partial charge on any atom is -0.349 e. The number of hydrogen-bond donors (Lipinski definition) is 2. The van der Waals surface area contributed by atoms with Crippen molar-refractivity contribution in [3.05, 3.63) is 47.7 Å². The van der Waals surface area contributed by atoms with E-state index in [4.69, 9.17) is 4.98 Å². The van der Waals surface area contributed by atoms with Crippen molar-refractivity contribution in [3.63, 3.8) is 0 Å². The van der Waals surface area contributed by atoms with Crippen molar-refractivity contribution in [1.29, 1.82) is 0 Å². The Kier molecular flexibility index (Phi) is 7.25. The lowest BCUT2D eigenvalue weighted by atomic mass is 9.81. The number of amides is 2. The Morgan fingerprint density at radius 1 is 1.02 bits per heavy atom. The van der Waals surface area contributed by atoms with Gasteiger partial charge in [0.1, 0.15) is 5.69 Å². The van der Waals surface area contributed by atoms with Gasteiger partial charge in [0.2, 0.25) is 11.8 Å². The van der Waals surface area contributed by atoms with E-state index in [0.29, 0.717) is 17.0 Å². The molecule has 0 aliphatic heterocycles. The first kappa shape index (κ1) is 28.6. The molecule has 0 radical (unpaired) electrons. The van der Waals surface area contributed by atoms with Gasteiger partial charge in [-0.05, 0) is 69.1 Å². The van der Waals surface area contributed by atoms with Crippen LogP contribution in [0.5, 0.6) is 0 Å². The van der Waals surface area contributed by atoms with Crippen LogP contribution in [0, 0.1) is 17.8 Å². The molecule has 6 rings (SSSR count). The Labute approximate surface area is 240 Å². The van der Waals surface area contributed by atoms with E-state index >= 15 is 0 Å². The molecule has 0 aromatic carbocycles. The number of imidazole rings is 1. The van der Waals surface area contributed by atoms with Crippen LogP contribution >= 0.6 is 0 Å². The number of alkyl halides is 4. The summed E-state index contributed by atoms with van der Waals surface area (Å²) < 4.78 is 57.9. The molecule has 3 aliphatic carbocycles. The maximum absolute atomic E-state index is 14.0. The average molecular weight is 590 g/mol. The summed E-state index contributed by atoms with van der Waals surface area (Å²) in [5.74, 6) is -7.23. The molecule has 226 valence electrons. The molecule has 2 N–H and O–H groups in total. The molecular weight excluding hydrogens is 554 g/mol. The molecule has 3 fully saturated rings. The highest BCUT2D eigenvalue weighted by molar-refractivity contribution is 5.92. The Bertz CT molecular complexity index is 1470. The van der Waals surface area contributed by atoms with Crippen LogP contribution in [-0.2, 0) is 4.79 Å². The van der Waals surface area contributed by atoms with Gasteiger partial charge in [-0.25, -0.2) is 27.1 Å². The molecule has 42 heavy (non-hydrogen) atoms. The van der Waals surface area contributed by atoms with E-state index in [1.54, 1.807) is 39.9 Å². The number of rotatable bonds is 10. The first-order valence-corrected chi connectivity index (χ1v) is 14.6. The average Bonchev–Trinajstić information content (AvgIpc) is 3.72. The van der Waals surface area contributed by atoms with Crippen LogP contribution < -0.4 is 10.6 Å². The van der Waals surface area contributed by atoms with Crippen molar-refractivity contribution in [2.45, 2.75) is 95.2 Å². The molecule has 3 aromatic rings. The van der Waals surface area contributed by atoms with Crippen molar-refractivity contribution in [2.75, 3.05) is 0 Å². The van der Waals surface area contributed by atoms with Crippen molar-refractivity contribution in [3.8, 4) is 0 Å². The van der Waals surface area contributed by atoms with E-state index < -0.39 is 29.7 Å². The smallest absolute Gasteiger partial charge is 0.270 e. The van der Waals surface area contributed by atoms with E-state index in [9.17, 15) is 27.2 Å². The third-order valence-corrected chi connectivity index (χ3v) is 8.75. The van der Waals surface area contributed by atoms with Crippen molar-refractivity contribution < 1.29 is 27.2 Å². The molecule has 3 aliphatic rings. The number of nitrogens with one attached hydrogen (secondary N) is 2. The second kappa shape index (κ2) is 10.6. The molecule has 0 spiro atoms. The summed E-state index contributed by atoms with van der Waals surface area (Å²) in [6, 6.07) is 2.37. The SMILES string of the molecule is CC(C)n1nccc1C(=O)N[C@H](c1cn2ncc([C@H](NC(=O)C[C@H]3CC3(F)F)C3CC3)cc2n1)C1CCC(F)(F)CC1. The molecule has 13 heteroatoms. The number of carbonyl (C=O) groups excluding carboxylic acids is 2. The predicted molar refractivity (Wildman–Crippen MR) is 144 cm³/mol. The van der Waals surface area contributed by atoms with E-state index in [-0.39, 0.29) is 68.4 Å². The molecule has 2 amide bonds. The minimum atomic E-state index is -2.76. The van der Waals surface area contributed by atoms with Gasteiger partial charge in [0.15, 0.2) is 5.65 Å². The molecule has 3 aromatic heterocycles. The number of halogens is 4. The van der Waals surface area contributed by atoms with E-state index in [1.807, 2.05) is 13.8 Å². The predicted octanol–water partition coefficient (Wildman–Crippen LogP) is 5.42. The van der Waals surface area contributed by atoms with Crippen LogP contribution in [0.25, 0.3) is 5.65 Å². The Balaban J connectivity index is 1.25. The molecule has 0 unspecified atom stereocenters. The monoisotopic (exact) mass is 589 g/mol. The van der Waals surface area contributed by atoms with Gasteiger partial charge in [-0.2, -0.15) is 10.2 Å². The highest BCUT2D eigenvalue weighted by Gasteiger charge is 2.57. The molecule has 3 saturated carbocycles. The first-order valence-electron chi connectivity index (χ1n) is 14.6. The highest BCUT2D eigenvalue weighted by atomic mass is 19.3. The van der Waals surface area contributed by atoms with Crippen LogP contribution in [0.3, 0.4) is 0 Å². The third-order valence-electron chi connectivity index (χ3n) is 8.75. The van der Waals surface area contributed by atoms with Crippen molar-refractivity contribution in [1.82, 2.24) is 35.0 Å². The van der Waals surface area contributed by atoms with Crippen LogP contribution in [0.15, 0.2) is 30.7 Å². The third kappa shape index (κ3) is 6.00. The maximum Gasteiger partial charge on any atom is 0.270 e. The summed E-state index contributed by atoms with van der Waals surface area (Å²) in [5, 5.41) is 14.7. The second-order valence-electron chi connectivity index (χ2n) is 12.4. The van der Waals surface area contributed by atoms with Gasteiger partial charge in [-0.3, -0.25) is 14.3 Å². The van der Waals surface area contributed by atoms with Gasteiger partial charge >= 0.3 is 0 Å². The van der Waals surface area contributed by atoms with E-state index in [1.165, 1.54) is 0 Å². The fraction of sp³-hybridized carbons (Fsp3) is 0.621. The van der Waals surface area contributed by atoms with Crippen molar-refractivity contribution in [2.24, 2.45) is 17.8 Å². The summed E-state index contributed by atoms with van der Waals surface area (Å²) in [6.07, 6.45) is 6.14. The van der Waals surface area contributed by atoms with E-state index in [2.05, 4.69) is 20.8 Å². The molecular formula is C29H35F4N7O2. The summed E-state index contributed by atoms with van der Waals surface area (Å²) >= 11 is 0. The fourth-order valence-corrected chi connectivity index (χ4v) is 6.03. The Morgan fingerprint density at radius 3 is 2.36 bits per heavy atom. The molecule has 9 nitrogen and oxygen atoms in total. The largest absolute Gasteiger partial charge is 0.349 e. The van der Waals surface area contributed by atoms with Gasteiger partial charge < -0.3 is 10.6 Å². The molecule has 0 saturated heterocycles. The van der Waals surface area contributed by atoms with Gasteiger partial charge in [0.05, 0.1) is 30.2 Å². The zero-order valence-corrected chi connectivity index (χ0v) is 23.6. The molecule has 3 atom stereocenters. The summed E-state index contributed by atoms with van der Waals surface area (Å²) in [5.41, 5.74) is 2.06. The van der Waals surface area contributed by atoms with Gasteiger partial charge in [-0.15, -0.1) is 0 Å². The lowest BCUT2D eigenvalue weighted by molar-refractivity contribution is -0.123. The molecule has 0 bridgehead atoms. The summed E-state index contributed by atoms with van der Waals surface area (Å²) in [6.45, 7) is 3.82. The normalized spacial score (nSPS) is 23.1. The topological polar surface area (TPSA) is 106 Å². The summed E-state index contributed by atoms with van der Waals surface area (Å²) in [4.78, 5) is 30.7. The van der Waals surface area contributed by atoms with Gasteiger partial charge in [-0.1, -0.05) is 0 Å². The zero-order chi connectivity index (χ0) is 29.8. The Morgan fingerprint density at radius 2 is 1.71 bits per heavy atom. The lowest BCUT2D eigenvalue weighted by Crippen LogP contribution is -2.38. The van der Waals surface area contributed by atoms with Crippen LogP contribution in [0.4, 0.5) is 17.6 Å². The number of fused-ring (bicyclic) bond motifs is 1. The highest BCUT2D eigenvalue weighted by Crippen LogP contribution is 2.51. The quantitative estimate of drug-likeness (QED) is 0.308. The maximum atomic E-state index is 14.0. The first-order chi connectivity index (χ1) is 19.9. The number of nitrogens with zero attached hydrogens (tertiary/aromatic N) is 5. The summed E-state index contributed by atoms with van der Waals surface area (Å²) in [7, 11) is 0. The van der Waals surface area contributed by atoms with Crippen molar-refractivity contribution >= 4 is 17.5 Å². The zero-order valence-electron chi connectivity index (χ0n) is 23.6. The standard InChI is InChI=1S/C29H35F4N7O2/c1-16(2)40-22(7-10-34-40)27(42)38-26(18-5-8-28(30,31)9-6-18)21-15-39-23(36-21)11-19(14-35-39)25(17-3-4-17)37-24(41)12-20-13-29(20,32)33/h7,10-11,14-18,20,25-26H,3-6,8-9,12-13H2,1-2H3,(H,37,41)(H,38,42)/t20-,25+,26-/m0/s1. The second-order valence-corrected chi connectivity index (χ2v) is 12.4. The number of aromatic nitrogens is 5. The van der Waals surface area contributed by atoms with E-state index in [0.717, 1.165) is 18.4 Å². The van der Waals surface area contributed by atoms with Crippen LogP contribution in [0.1, 0.15) is 105 Å². The number of hydrogen-bond acceptors (Lipinski definition) is 5. The molecule has 3 heterocycles. The van der Waals surface area contributed by atoms with Crippen LogP contribution in [0.2, 0.25) is 0 Å². The van der Waals surface area contributed by atoms with Crippen LogP contribution in [-0.4, -0.2) is 48.0 Å². The Hall–Kier alpha value is -3.51. The fourth-order valence-electron chi connectivity index (χ4n) is 6.03.